The van der Waals surface area contributed by atoms with E-state index in [2.05, 4.69) is 0 Å². The smallest absolute Gasteiger partial charge is 0.314 e. The van der Waals surface area contributed by atoms with Crippen molar-refractivity contribution in [3.8, 4) is 0 Å². The van der Waals surface area contributed by atoms with Crippen molar-refractivity contribution in [3.05, 3.63) is 35.9 Å². The molecule has 1 aromatic rings. The first kappa shape index (κ1) is 17.9. The molecule has 1 aromatic carbocycles. The standard InChI is InChI=1S/C20H28N2O3/c1-19(2,3)25-18(24)20(10-9-16(20)21)15-11-17(23)22(13-15)12-14-7-5-4-6-8-14/h4-8,15-16H,9-13,21H2,1-3H3. The van der Waals surface area contributed by atoms with Crippen molar-refractivity contribution in [3.63, 3.8) is 0 Å². The zero-order chi connectivity index (χ0) is 18.2. The van der Waals surface area contributed by atoms with Crippen LogP contribution < -0.4 is 5.73 Å². The third-order valence-electron chi connectivity index (χ3n) is 5.47. The van der Waals surface area contributed by atoms with Gasteiger partial charge in [0.05, 0.1) is 5.41 Å². The number of ether oxygens (including phenoxy) is 1. The first-order valence-electron chi connectivity index (χ1n) is 9.03. The molecule has 1 saturated carbocycles. The van der Waals surface area contributed by atoms with Gasteiger partial charge in [0.25, 0.3) is 0 Å². The number of hydrogen-bond acceptors (Lipinski definition) is 4. The highest BCUT2D eigenvalue weighted by atomic mass is 16.6. The molecule has 3 rings (SSSR count). The summed E-state index contributed by atoms with van der Waals surface area (Å²) in [4.78, 5) is 27.3. The molecule has 2 aliphatic rings. The molecular formula is C20H28N2O3. The molecule has 3 unspecified atom stereocenters. The van der Waals surface area contributed by atoms with Gasteiger partial charge in [0.15, 0.2) is 0 Å². The lowest BCUT2D eigenvalue weighted by Gasteiger charge is -2.49. The van der Waals surface area contributed by atoms with E-state index in [1.165, 1.54) is 0 Å². The topological polar surface area (TPSA) is 72.6 Å². The van der Waals surface area contributed by atoms with E-state index in [0.717, 1.165) is 12.0 Å². The van der Waals surface area contributed by atoms with E-state index in [1.54, 1.807) is 0 Å². The van der Waals surface area contributed by atoms with E-state index in [1.807, 2.05) is 56.0 Å². The zero-order valence-corrected chi connectivity index (χ0v) is 15.3. The van der Waals surface area contributed by atoms with Crippen molar-refractivity contribution < 1.29 is 14.3 Å². The molecule has 2 fully saturated rings. The third kappa shape index (κ3) is 3.43. The molecule has 1 aliphatic carbocycles. The first-order valence-corrected chi connectivity index (χ1v) is 9.03. The van der Waals surface area contributed by atoms with Crippen LogP contribution in [0.4, 0.5) is 0 Å². The lowest BCUT2D eigenvalue weighted by atomic mass is 9.57. The van der Waals surface area contributed by atoms with Gasteiger partial charge in [0.1, 0.15) is 5.60 Å². The Labute approximate surface area is 149 Å². The molecule has 2 N–H and O–H groups in total. The van der Waals surface area contributed by atoms with Gasteiger partial charge in [0, 0.05) is 31.5 Å². The molecule has 0 radical (unpaired) electrons. The Morgan fingerprint density at radius 2 is 2.00 bits per heavy atom. The van der Waals surface area contributed by atoms with Crippen molar-refractivity contribution in [2.45, 2.75) is 58.2 Å². The largest absolute Gasteiger partial charge is 0.459 e. The molecule has 5 nitrogen and oxygen atoms in total. The van der Waals surface area contributed by atoms with Gasteiger partial charge in [-0.25, -0.2) is 0 Å². The van der Waals surface area contributed by atoms with Crippen molar-refractivity contribution >= 4 is 11.9 Å². The monoisotopic (exact) mass is 344 g/mol. The summed E-state index contributed by atoms with van der Waals surface area (Å²) in [6.07, 6.45) is 1.89. The molecule has 5 heteroatoms. The van der Waals surface area contributed by atoms with Crippen LogP contribution in [0.5, 0.6) is 0 Å². The summed E-state index contributed by atoms with van der Waals surface area (Å²) in [7, 11) is 0. The number of nitrogens with zero attached hydrogens (tertiary/aromatic N) is 1. The number of benzene rings is 1. The molecular weight excluding hydrogens is 316 g/mol. The summed E-state index contributed by atoms with van der Waals surface area (Å²) in [5.74, 6) is -0.212. The van der Waals surface area contributed by atoms with Crippen molar-refractivity contribution in [2.75, 3.05) is 6.54 Å². The number of amides is 1. The maximum atomic E-state index is 12.9. The van der Waals surface area contributed by atoms with E-state index >= 15 is 0 Å². The fourth-order valence-corrected chi connectivity index (χ4v) is 4.00. The number of carbonyl (C=O) groups excluding carboxylic acids is 2. The van der Waals surface area contributed by atoms with Crippen LogP contribution in [0.25, 0.3) is 0 Å². The molecule has 1 amide bonds. The average Bonchev–Trinajstić information content (AvgIpc) is 2.86. The summed E-state index contributed by atoms with van der Waals surface area (Å²) in [5.41, 5.74) is 6.10. The minimum absolute atomic E-state index is 0.0673. The van der Waals surface area contributed by atoms with Crippen LogP contribution in [0.1, 0.15) is 45.6 Å². The van der Waals surface area contributed by atoms with Gasteiger partial charge in [-0.15, -0.1) is 0 Å². The summed E-state index contributed by atoms with van der Waals surface area (Å²) >= 11 is 0. The van der Waals surface area contributed by atoms with Gasteiger partial charge in [-0.3, -0.25) is 9.59 Å². The molecule has 3 atom stereocenters. The van der Waals surface area contributed by atoms with Crippen LogP contribution in [0.2, 0.25) is 0 Å². The molecule has 0 aromatic heterocycles. The number of likely N-dealkylation sites (tertiary alicyclic amines) is 1. The Morgan fingerprint density at radius 3 is 2.52 bits per heavy atom. The molecule has 0 spiro atoms. The highest BCUT2D eigenvalue weighted by molar-refractivity contribution is 5.84. The summed E-state index contributed by atoms with van der Waals surface area (Å²) < 4.78 is 5.67. The number of hydrogen-bond donors (Lipinski definition) is 1. The Bertz CT molecular complexity index is 653. The fourth-order valence-electron chi connectivity index (χ4n) is 4.00. The SMILES string of the molecule is CC(C)(C)OC(=O)C1(C2CC(=O)N(Cc3ccccc3)C2)CCC1N. The zero-order valence-electron chi connectivity index (χ0n) is 15.3. The van der Waals surface area contributed by atoms with Crippen LogP contribution in [-0.2, 0) is 20.9 Å². The van der Waals surface area contributed by atoms with Gasteiger partial charge >= 0.3 is 5.97 Å². The average molecular weight is 344 g/mol. The summed E-state index contributed by atoms with van der Waals surface area (Å²) in [6.45, 7) is 6.75. The maximum absolute atomic E-state index is 12.9. The van der Waals surface area contributed by atoms with Crippen LogP contribution >= 0.6 is 0 Å². The lowest BCUT2D eigenvalue weighted by Crippen LogP contribution is -2.61. The van der Waals surface area contributed by atoms with Crippen LogP contribution in [0.3, 0.4) is 0 Å². The molecule has 1 heterocycles. The second-order valence-electron chi connectivity index (χ2n) is 8.35. The number of nitrogens with two attached hydrogens (primary N) is 1. The number of carbonyl (C=O) groups is 2. The molecule has 136 valence electrons. The van der Waals surface area contributed by atoms with Gasteiger partial charge in [-0.2, -0.15) is 0 Å². The van der Waals surface area contributed by atoms with E-state index < -0.39 is 11.0 Å². The minimum atomic E-state index is -0.714. The molecule has 0 bridgehead atoms. The number of esters is 1. The predicted octanol–water partition coefficient (Wildman–Crippen LogP) is 2.48. The van der Waals surface area contributed by atoms with E-state index in [4.69, 9.17) is 10.5 Å². The normalized spacial score (nSPS) is 29.4. The quantitative estimate of drug-likeness (QED) is 0.852. The van der Waals surface area contributed by atoms with Crippen molar-refractivity contribution in [2.24, 2.45) is 17.1 Å². The van der Waals surface area contributed by atoms with Crippen molar-refractivity contribution in [1.82, 2.24) is 4.90 Å². The summed E-state index contributed by atoms with van der Waals surface area (Å²) in [6, 6.07) is 9.70. The van der Waals surface area contributed by atoms with Crippen LogP contribution in [0, 0.1) is 11.3 Å². The minimum Gasteiger partial charge on any atom is -0.459 e. The maximum Gasteiger partial charge on any atom is 0.314 e. The third-order valence-corrected chi connectivity index (χ3v) is 5.47. The second-order valence-corrected chi connectivity index (χ2v) is 8.35. The second kappa shape index (κ2) is 6.45. The van der Waals surface area contributed by atoms with E-state index in [9.17, 15) is 9.59 Å². The van der Waals surface area contributed by atoms with Gasteiger partial charge < -0.3 is 15.4 Å². The summed E-state index contributed by atoms with van der Waals surface area (Å²) in [5, 5.41) is 0. The van der Waals surface area contributed by atoms with Crippen LogP contribution in [0.15, 0.2) is 30.3 Å². The fraction of sp³-hybridized carbons (Fsp3) is 0.600. The van der Waals surface area contributed by atoms with Gasteiger partial charge in [0.2, 0.25) is 5.91 Å². The molecule has 1 saturated heterocycles. The van der Waals surface area contributed by atoms with E-state index in [0.29, 0.717) is 25.9 Å². The number of rotatable bonds is 4. The van der Waals surface area contributed by atoms with Gasteiger partial charge in [-0.1, -0.05) is 30.3 Å². The van der Waals surface area contributed by atoms with Crippen molar-refractivity contribution in [1.29, 1.82) is 0 Å². The Hall–Kier alpha value is -1.88. The Kier molecular flexibility index (Phi) is 4.62. The highest BCUT2D eigenvalue weighted by Gasteiger charge is 2.60. The van der Waals surface area contributed by atoms with Crippen LogP contribution in [-0.4, -0.2) is 35.0 Å². The predicted molar refractivity (Wildman–Crippen MR) is 95.5 cm³/mol. The Balaban J connectivity index is 1.75. The first-order chi connectivity index (χ1) is 11.7. The van der Waals surface area contributed by atoms with Gasteiger partial charge in [-0.05, 0) is 39.2 Å². The molecule has 1 aliphatic heterocycles. The molecule has 25 heavy (non-hydrogen) atoms. The highest BCUT2D eigenvalue weighted by Crippen LogP contribution is 2.51. The van der Waals surface area contributed by atoms with E-state index in [-0.39, 0.29) is 23.8 Å². The Morgan fingerprint density at radius 1 is 1.32 bits per heavy atom. The lowest BCUT2D eigenvalue weighted by molar-refractivity contribution is -0.180.